The van der Waals surface area contributed by atoms with Crippen LogP contribution in [0.5, 0.6) is 0 Å². The molecule has 4 rings (SSSR count). The van der Waals surface area contributed by atoms with Crippen LogP contribution in [0.4, 0.5) is 22.7 Å². The van der Waals surface area contributed by atoms with Crippen molar-refractivity contribution < 1.29 is 17.9 Å². The Balaban J connectivity index is 1.56. The zero-order valence-electron chi connectivity index (χ0n) is 20.9. The number of piperazine rings is 1. The van der Waals surface area contributed by atoms with E-state index in [0.29, 0.717) is 34.0 Å². The highest BCUT2D eigenvalue weighted by Crippen LogP contribution is 2.27. The molecule has 1 saturated heterocycles. The number of nitrogens with zero attached hydrogens (tertiary/aromatic N) is 5. The molecular weight excluding hydrogens is 516 g/mol. The van der Waals surface area contributed by atoms with Crippen molar-refractivity contribution in [3.05, 3.63) is 46.5 Å². The average molecular weight is 547 g/mol. The number of nitrogens with two attached hydrogens (primary N) is 1. The van der Waals surface area contributed by atoms with Crippen LogP contribution < -0.4 is 20.7 Å². The van der Waals surface area contributed by atoms with Gasteiger partial charge in [-0.2, -0.15) is 9.97 Å². The minimum atomic E-state index is -3.75. The molecule has 14 heteroatoms. The summed E-state index contributed by atoms with van der Waals surface area (Å²) in [5.41, 5.74) is 1.43. The highest BCUT2D eigenvalue weighted by Gasteiger charge is 2.20. The summed E-state index contributed by atoms with van der Waals surface area (Å²) in [4.78, 5) is 30.9. The lowest BCUT2D eigenvalue weighted by atomic mass is 10.2. The fourth-order valence-corrected chi connectivity index (χ4v) is 5.07. The van der Waals surface area contributed by atoms with E-state index < -0.39 is 16.0 Å². The number of primary sulfonamides is 1. The van der Waals surface area contributed by atoms with Crippen LogP contribution in [0.15, 0.2) is 35.2 Å². The molecule has 1 fully saturated rings. The number of esters is 1. The fourth-order valence-electron chi connectivity index (χ4n) is 3.70. The molecule has 1 aromatic carbocycles. The number of hydrogen-bond acceptors (Lipinski definition) is 12. The van der Waals surface area contributed by atoms with Gasteiger partial charge in [0.15, 0.2) is 5.13 Å². The van der Waals surface area contributed by atoms with Crippen LogP contribution in [0.2, 0.25) is 0 Å². The van der Waals surface area contributed by atoms with Crippen molar-refractivity contribution in [3.8, 4) is 0 Å². The molecular formula is C23H30N8O4S2. The molecule has 0 atom stereocenters. The van der Waals surface area contributed by atoms with Gasteiger partial charge >= 0.3 is 5.97 Å². The SMILES string of the molecule is CCOC(=O)c1sc(Nc2nc(NCc3ccc(S(N)(=O)=O)cc3)cc(N3CCN(C)CC3)n2)nc1C. The Morgan fingerprint density at radius 3 is 2.49 bits per heavy atom. The third-order valence-electron chi connectivity index (χ3n) is 5.74. The van der Waals surface area contributed by atoms with Crippen molar-refractivity contribution in [2.75, 3.05) is 55.4 Å². The van der Waals surface area contributed by atoms with E-state index in [9.17, 15) is 13.2 Å². The average Bonchev–Trinajstić information content (AvgIpc) is 3.22. The molecule has 37 heavy (non-hydrogen) atoms. The van der Waals surface area contributed by atoms with Gasteiger partial charge < -0.3 is 19.9 Å². The Morgan fingerprint density at radius 1 is 1.14 bits per heavy atom. The van der Waals surface area contributed by atoms with Crippen LogP contribution >= 0.6 is 11.3 Å². The monoisotopic (exact) mass is 546 g/mol. The second-order valence-electron chi connectivity index (χ2n) is 8.55. The van der Waals surface area contributed by atoms with E-state index in [2.05, 4.69) is 37.4 Å². The van der Waals surface area contributed by atoms with Gasteiger partial charge in [-0.05, 0) is 38.6 Å². The number of likely N-dealkylation sites (N-methyl/N-ethyl adjacent to an activating group) is 1. The molecule has 3 aromatic rings. The standard InChI is InChI=1S/C23H30N8O4S2/c1-4-35-21(32)20-15(2)26-23(36-20)29-22-27-18(13-19(28-22)31-11-9-30(3)10-12-31)25-14-16-5-7-17(8-6-16)37(24,33)34/h5-8,13H,4,9-12,14H2,1-3H3,(H2,24,33,34)(H2,25,26,27,28,29). The fraction of sp³-hybridized carbons (Fsp3) is 0.391. The lowest BCUT2D eigenvalue weighted by molar-refractivity contribution is 0.0531. The molecule has 2 aromatic heterocycles. The number of ether oxygens (including phenoxy) is 1. The summed E-state index contributed by atoms with van der Waals surface area (Å²) in [6.07, 6.45) is 0. The summed E-state index contributed by atoms with van der Waals surface area (Å²) < 4.78 is 28.1. The van der Waals surface area contributed by atoms with E-state index in [1.165, 1.54) is 23.5 Å². The van der Waals surface area contributed by atoms with Crippen molar-refractivity contribution in [2.45, 2.75) is 25.3 Å². The predicted octanol–water partition coefficient (Wildman–Crippen LogP) is 2.17. The van der Waals surface area contributed by atoms with Gasteiger partial charge in [-0.1, -0.05) is 23.5 Å². The molecule has 1 aliphatic rings. The molecule has 12 nitrogen and oxygen atoms in total. The van der Waals surface area contributed by atoms with Gasteiger partial charge in [-0.25, -0.2) is 23.3 Å². The second-order valence-corrected chi connectivity index (χ2v) is 11.1. The van der Waals surface area contributed by atoms with Crippen LogP contribution in [0.25, 0.3) is 0 Å². The third-order valence-corrected chi connectivity index (χ3v) is 7.72. The zero-order chi connectivity index (χ0) is 26.6. The summed E-state index contributed by atoms with van der Waals surface area (Å²) in [6, 6.07) is 8.22. The largest absolute Gasteiger partial charge is 0.462 e. The molecule has 3 heterocycles. The molecule has 0 radical (unpaired) electrons. The Morgan fingerprint density at radius 2 is 1.84 bits per heavy atom. The summed E-state index contributed by atoms with van der Waals surface area (Å²) in [7, 11) is -1.66. The normalized spacial score (nSPS) is 14.4. The van der Waals surface area contributed by atoms with E-state index >= 15 is 0 Å². The number of carbonyl (C=O) groups excluding carboxylic acids is 1. The van der Waals surface area contributed by atoms with Crippen molar-refractivity contribution >= 4 is 50.0 Å². The van der Waals surface area contributed by atoms with E-state index in [0.717, 1.165) is 37.6 Å². The summed E-state index contributed by atoms with van der Waals surface area (Å²) in [5.74, 6) is 1.28. The van der Waals surface area contributed by atoms with Crippen LogP contribution in [0.1, 0.15) is 27.9 Å². The Labute approximate surface area is 219 Å². The van der Waals surface area contributed by atoms with E-state index in [4.69, 9.17) is 14.9 Å². The summed E-state index contributed by atoms with van der Waals surface area (Å²) >= 11 is 1.19. The van der Waals surface area contributed by atoms with Gasteiger partial charge in [-0.3, -0.25) is 5.32 Å². The van der Waals surface area contributed by atoms with Gasteiger partial charge in [-0.15, -0.1) is 0 Å². The lowest BCUT2D eigenvalue weighted by Crippen LogP contribution is -2.44. The number of rotatable bonds is 9. The maximum Gasteiger partial charge on any atom is 0.350 e. The first kappa shape index (κ1) is 26.7. The Bertz CT molecular complexity index is 1350. The van der Waals surface area contributed by atoms with Crippen molar-refractivity contribution in [2.24, 2.45) is 5.14 Å². The topological polar surface area (TPSA) is 156 Å². The molecule has 1 aliphatic heterocycles. The predicted molar refractivity (Wildman–Crippen MR) is 143 cm³/mol. The molecule has 0 amide bonds. The molecule has 198 valence electrons. The van der Waals surface area contributed by atoms with E-state index in [1.807, 2.05) is 6.07 Å². The number of nitrogens with one attached hydrogen (secondary N) is 2. The Hall–Kier alpha value is -3.33. The molecule has 0 aliphatic carbocycles. The molecule has 0 saturated carbocycles. The van der Waals surface area contributed by atoms with Gasteiger partial charge in [0.2, 0.25) is 16.0 Å². The van der Waals surface area contributed by atoms with Crippen LogP contribution in [0.3, 0.4) is 0 Å². The molecule has 4 N–H and O–H groups in total. The van der Waals surface area contributed by atoms with Gasteiger partial charge in [0.1, 0.15) is 16.5 Å². The number of sulfonamides is 1. The van der Waals surface area contributed by atoms with E-state index in [-0.39, 0.29) is 11.5 Å². The zero-order valence-corrected chi connectivity index (χ0v) is 22.5. The maximum atomic E-state index is 12.2. The first-order valence-electron chi connectivity index (χ1n) is 11.7. The maximum absolute atomic E-state index is 12.2. The minimum Gasteiger partial charge on any atom is -0.462 e. The number of hydrogen-bond donors (Lipinski definition) is 3. The minimum absolute atomic E-state index is 0.0584. The van der Waals surface area contributed by atoms with Crippen molar-refractivity contribution in [1.29, 1.82) is 0 Å². The third kappa shape index (κ3) is 6.91. The first-order valence-corrected chi connectivity index (χ1v) is 14.1. The first-order chi connectivity index (χ1) is 17.6. The van der Waals surface area contributed by atoms with Crippen LogP contribution in [0, 0.1) is 6.92 Å². The van der Waals surface area contributed by atoms with E-state index in [1.54, 1.807) is 26.0 Å². The Kier molecular flexibility index (Phi) is 8.22. The van der Waals surface area contributed by atoms with Gasteiger partial charge in [0, 0.05) is 38.8 Å². The molecule has 0 unspecified atom stereocenters. The van der Waals surface area contributed by atoms with Crippen molar-refractivity contribution in [1.82, 2.24) is 19.9 Å². The number of aromatic nitrogens is 3. The van der Waals surface area contributed by atoms with Crippen LogP contribution in [-0.4, -0.2) is 74.1 Å². The summed E-state index contributed by atoms with van der Waals surface area (Å²) in [6.45, 7) is 7.69. The highest BCUT2D eigenvalue weighted by atomic mass is 32.2. The molecule has 0 spiro atoms. The number of benzene rings is 1. The summed E-state index contributed by atoms with van der Waals surface area (Å²) in [5, 5.41) is 12.1. The van der Waals surface area contributed by atoms with Crippen LogP contribution in [-0.2, 0) is 21.3 Å². The van der Waals surface area contributed by atoms with Gasteiger partial charge in [0.05, 0.1) is 17.2 Å². The second kappa shape index (κ2) is 11.4. The lowest BCUT2D eigenvalue weighted by Gasteiger charge is -2.33. The smallest absolute Gasteiger partial charge is 0.350 e. The highest BCUT2D eigenvalue weighted by molar-refractivity contribution is 7.89. The molecule has 0 bridgehead atoms. The quantitative estimate of drug-likeness (QED) is 0.338. The number of thiazole rings is 1. The van der Waals surface area contributed by atoms with Crippen molar-refractivity contribution in [3.63, 3.8) is 0 Å². The number of anilines is 4. The number of aryl methyl sites for hydroxylation is 1. The number of carbonyl (C=O) groups is 1. The van der Waals surface area contributed by atoms with Gasteiger partial charge in [0.25, 0.3) is 0 Å².